The van der Waals surface area contributed by atoms with E-state index >= 15 is 0 Å². The van der Waals surface area contributed by atoms with Crippen LogP contribution >= 0.6 is 0 Å². The number of amides is 1. The van der Waals surface area contributed by atoms with E-state index in [1.54, 1.807) is 13.8 Å². The molecule has 0 fully saturated rings. The molecule has 0 unspecified atom stereocenters. The van der Waals surface area contributed by atoms with Crippen LogP contribution < -0.4 is 17.3 Å². The summed E-state index contributed by atoms with van der Waals surface area (Å²) in [7, 11) is -8.77. The molecule has 0 saturated carbocycles. The number of hydrazone groups is 1. The number of hydrogen-bond acceptors (Lipinski definition) is 10. The highest BCUT2D eigenvalue weighted by atomic mass is 32.2. The van der Waals surface area contributed by atoms with Gasteiger partial charge in [-0.15, -0.1) is 0 Å². The van der Waals surface area contributed by atoms with Gasteiger partial charge in [-0.25, -0.2) is 4.68 Å². The molecule has 198 valence electrons. The van der Waals surface area contributed by atoms with Crippen molar-refractivity contribution in [3.63, 3.8) is 0 Å². The van der Waals surface area contributed by atoms with Crippen molar-refractivity contribution in [3.05, 3.63) is 65.4 Å². The number of aromatic hydroxyl groups is 1. The van der Waals surface area contributed by atoms with Crippen LogP contribution in [0.2, 0.25) is 0 Å². The van der Waals surface area contributed by atoms with Gasteiger partial charge in [0.15, 0.2) is 0 Å². The molecule has 0 spiro atoms. The quantitative estimate of drug-likeness (QED) is 0.227. The molecule has 0 bridgehead atoms. The molecule has 1 aliphatic heterocycles. The topological polar surface area (TPSA) is 249 Å². The Morgan fingerprint density at radius 1 is 0.811 bits per heavy atom. The summed E-state index contributed by atoms with van der Waals surface area (Å²) in [5.41, 5.74) is 1.66. The molecule has 1 amide bonds. The van der Waals surface area contributed by atoms with Gasteiger partial charge in [-0.1, -0.05) is 0 Å². The van der Waals surface area contributed by atoms with Crippen molar-refractivity contribution >= 4 is 43.6 Å². The third kappa shape index (κ3) is 5.58. The van der Waals surface area contributed by atoms with Crippen LogP contribution in [0.25, 0.3) is 11.8 Å². The van der Waals surface area contributed by atoms with Gasteiger partial charge in [0.2, 0.25) is 5.88 Å². The van der Waals surface area contributed by atoms with Crippen molar-refractivity contribution in [2.75, 3.05) is 5.01 Å². The Balaban J connectivity index is 0.00000241. The lowest BCUT2D eigenvalue weighted by molar-refractivity contribution is -0.114. The number of anilines is 1. The van der Waals surface area contributed by atoms with E-state index in [4.69, 9.17) is 9.11 Å². The van der Waals surface area contributed by atoms with Crippen molar-refractivity contribution in [2.45, 2.75) is 23.6 Å². The molecule has 16 heteroatoms. The number of hydrogen-bond donors (Lipinski definition) is 5. The molecule has 0 radical (unpaired) electrons. The molecule has 9 N–H and O–H groups in total. The first kappa shape index (κ1) is 29.3. The van der Waals surface area contributed by atoms with E-state index in [0.29, 0.717) is 17.1 Å². The average Bonchev–Trinajstić information content (AvgIpc) is 3.23. The minimum atomic E-state index is -4.39. The summed E-state index contributed by atoms with van der Waals surface area (Å²) >= 11 is 0. The number of aromatic nitrogens is 2. The Labute approximate surface area is 212 Å². The summed E-state index contributed by atoms with van der Waals surface area (Å²) in [6.07, 6.45) is 1.41. The molecule has 1 aromatic heterocycles. The normalized spacial score (nSPS) is 14.8. The Bertz CT molecular complexity index is 1630. The van der Waals surface area contributed by atoms with Crippen molar-refractivity contribution < 1.29 is 35.8 Å². The van der Waals surface area contributed by atoms with Crippen LogP contribution in [-0.4, -0.2) is 52.4 Å². The number of carbonyl (C=O) groups is 1. The summed E-state index contributed by atoms with van der Waals surface area (Å²) in [6, 6.07) is 9.91. The average molecular weight is 553 g/mol. The van der Waals surface area contributed by atoms with Gasteiger partial charge in [0.05, 0.1) is 43.7 Å². The summed E-state index contributed by atoms with van der Waals surface area (Å²) in [5, 5.41) is 20.2. The smallest absolute Gasteiger partial charge is 0.294 e. The van der Waals surface area contributed by atoms with Crippen LogP contribution in [-0.2, 0) is 25.0 Å². The van der Waals surface area contributed by atoms with Gasteiger partial charge >= 0.3 is 0 Å². The summed E-state index contributed by atoms with van der Waals surface area (Å²) < 4.78 is 64.3. The number of benzene rings is 2. The Morgan fingerprint density at radius 3 is 1.73 bits per heavy atom. The van der Waals surface area contributed by atoms with Crippen molar-refractivity contribution in [1.82, 2.24) is 22.1 Å². The number of aryl methyl sites for hydroxylation is 1. The maximum atomic E-state index is 13.0. The van der Waals surface area contributed by atoms with Gasteiger partial charge in [-0.05, 0) is 68.5 Å². The van der Waals surface area contributed by atoms with E-state index in [9.17, 15) is 26.7 Å². The highest BCUT2D eigenvalue weighted by Gasteiger charge is 2.30. The monoisotopic (exact) mass is 552 g/mol. The van der Waals surface area contributed by atoms with Crippen molar-refractivity contribution in [3.8, 4) is 11.6 Å². The van der Waals surface area contributed by atoms with Crippen LogP contribution in [0.5, 0.6) is 5.88 Å². The minimum absolute atomic E-state index is 0. The van der Waals surface area contributed by atoms with Crippen molar-refractivity contribution in [2.24, 2.45) is 5.10 Å². The first-order valence-electron chi connectivity index (χ1n) is 9.83. The molecule has 0 aliphatic carbocycles. The van der Waals surface area contributed by atoms with Gasteiger partial charge in [-0.2, -0.15) is 32.0 Å². The fourth-order valence-electron chi connectivity index (χ4n) is 3.40. The van der Waals surface area contributed by atoms with Crippen LogP contribution in [0, 0.1) is 6.92 Å². The molecule has 14 nitrogen and oxygen atoms in total. The van der Waals surface area contributed by atoms with Gasteiger partial charge in [-0.3, -0.25) is 13.9 Å². The van der Waals surface area contributed by atoms with Crippen molar-refractivity contribution in [1.29, 1.82) is 0 Å². The zero-order valence-corrected chi connectivity index (χ0v) is 21.2. The van der Waals surface area contributed by atoms with Crippen LogP contribution in [0.15, 0.2) is 69.0 Å². The zero-order chi connectivity index (χ0) is 25.7. The number of carbonyl (C=O) groups excluding carboxylic acids is 1. The largest absolute Gasteiger partial charge is 0.493 e. The Kier molecular flexibility index (Phi) is 8.08. The van der Waals surface area contributed by atoms with Crippen LogP contribution in [0.4, 0.5) is 5.69 Å². The fraction of sp³-hybridized carbons (Fsp3) is 0.0952. The maximum absolute atomic E-state index is 13.0. The maximum Gasteiger partial charge on any atom is 0.294 e. The summed E-state index contributed by atoms with van der Waals surface area (Å²) in [6.45, 7) is 3.19. The van der Waals surface area contributed by atoms with Crippen LogP contribution in [0.1, 0.15) is 18.2 Å². The predicted octanol–water partition coefficient (Wildman–Crippen LogP) is 2.51. The second kappa shape index (κ2) is 10.2. The molecule has 2 heterocycles. The minimum Gasteiger partial charge on any atom is -0.493 e. The second-order valence-electron chi connectivity index (χ2n) is 7.53. The lowest BCUT2D eigenvalue weighted by Gasteiger charge is -2.12. The Hall–Kier alpha value is -3.93. The van der Waals surface area contributed by atoms with Gasteiger partial charge in [0.1, 0.15) is 0 Å². The highest BCUT2D eigenvalue weighted by molar-refractivity contribution is 7.86. The Morgan fingerprint density at radius 2 is 1.27 bits per heavy atom. The molecule has 0 atom stereocenters. The molecule has 4 rings (SSSR count). The zero-order valence-electron chi connectivity index (χ0n) is 19.6. The molecule has 3 aromatic rings. The van der Waals surface area contributed by atoms with Gasteiger partial charge in [0, 0.05) is 0 Å². The molecule has 0 saturated heterocycles. The molecule has 1 aliphatic rings. The standard InChI is InChI=1S/C21H18N4O8S2.2H3N/c1-12-18(20(26)24(22-12)14-3-7-16(8-4-14)34(28,29)30)11-19-13(2)23-25(21(19)27)15-5-9-17(10-6-15)35(31,32)33;;/h3-11,26H,1-2H3,(H,28,29,30)(H,31,32,33);2*1H3. The lowest BCUT2D eigenvalue weighted by atomic mass is 10.1. The molecular weight excluding hydrogens is 528 g/mol. The highest BCUT2D eigenvalue weighted by Crippen LogP contribution is 2.31. The second-order valence-corrected chi connectivity index (χ2v) is 10.4. The molecule has 37 heavy (non-hydrogen) atoms. The predicted molar refractivity (Wildman–Crippen MR) is 135 cm³/mol. The number of rotatable bonds is 5. The summed E-state index contributed by atoms with van der Waals surface area (Å²) in [5.74, 6) is -0.850. The number of nitrogens with zero attached hydrogens (tertiary/aromatic N) is 4. The first-order valence-corrected chi connectivity index (χ1v) is 12.7. The van der Waals surface area contributed by atoms with E-state index in [0.717, 1.165) is 34.0 Å². The van der Waals surface area contributed by atoms with Gasteiger partial charge in [0.25, 0.3) is 26.1 Å². The third-order valence-electron chi connectivity index (χ3n) is 5.19. The molecular formula is C21H24N6O8S2. The van der Waals surface area contributed by atoms with Crippen LogP contribution in [0.3, 0.4) is 0 Å². The van der Waals surface area contributed by atoms with E-state index < -0.39 is 26.1 Å². The van der Waals surface area contributed by atoms with E-state index in [1.165, 1.54) is 30.3 Å². The van der Waals surface area contributed by atoms with E-state index in [-0.39, 0.29) is 44.8 Å². The first-order chi connectivity index (χ1) is 16.3. The molecule has 2 aromatic carbocycles. The van der Waals surface area contributed by atoms with Gasteiger partial charge < -0.3 is 17.4 Å². The van der Waals surface area contributed by atoms with E-state index in [2.05, 4.69) is 10.2 Å². The summed E-state index contributed by atoms with van der Waals surface area (Å²) in [4.78, 5) is 12.4. The lowest BCUT2D eigenvalue weighted by Crippen LogP contribution is -2.21. The SMILES string of the molecule is CC1=NN(c2ccc(S(=O)(=O)O)cc2)C(=O)C1=Cc1c(C)nn(-c2ccc(S(=O)(=O)O)cc2)c1O.N.N. The fourth-order valence-corrected chi connectivity index (χ4v) is 4.36. The van der Waals surface area contributed by atoms with E-state index in [1.807, 2.05) is 0 Å². The third-order valence-corrected chi connectivity index (χ3v) is 6.93.